The molecule has 0 saturated carbocycles. The average molecular weight is 517 g/mol. The molecule has 3 aromatic rings. The Hall–Kier alpha value is -3.51. The Kier molecular flexibility index (Phi) is 5.32. The predicted molar refractivity (Wildman–Crippen MR) is 143 cm³/mol. The largest absolute Gasteiger partial charge is 0.444 e. The number of hydrogen-bond acceptors (Lipinski definition) is 4. The molecule has 2 aliphatic heterocycles. The molecule has 3 aliphatic rings. The van der Waals surface area contributed by atoms with Crippen molar-refractivity contribution in [2.24, 2.45) is 7.05 Å². The van der Waals surface area contributed by atoms with Crippen molar-refractivity contribution in [2.75, 3.05) is 13.1 Å². The van der Waals surface area contributed by atoms with Crippen LogP contribution in [0.3, 0.4) is 0 Å². The van der Waals surface area contributed by atoms with Crippen molar-refractivity contribution in [3.8, 4) is 11.5 Å². The number of carbonyl (C=O) groups is 2. The van der Waals surface area contributed by atoms with E-state index in [2.05, 4.69) is 16.7 Å². The number of allylic oxidation sites excluding steroid dienone is 3. The first-order valence-corrected chi connectivity index (χ1v) is 12.9. The highest BCUT2D eigenvalue weighted by atomic mass is 35.5. The van der Waals surface area contributed by atoms with Crippen LogP contribution in [0.1, 0.15) is 54.2 Å². The van der Waals surface area contributed by atoms with Crippen LogP contribution in [0.5, 0.6) is 11.5 Å². The lowest BCUT2D eigenvalue weighted by Gasteiger charge is -2.32. The summed E-state index contributed by atoms with van der Waals surface area (Å²) in [6.07, 6.45) is 5.04. The van der Waals surface area contributed by atoms with Gasteiger partial charge in [-0.2, -0.15) is 0 Å². The van der Waals surface area contributed by atoms with E-state index in [0.717, 1.165) is 33.2 Å². The molecule has 1 atom stereocenters. The maximum absolute atomic E-state index is 13.7. The first-order chi connectivity index (χ1) is 17.6. The van der Waals surface area contributed by atoms with Crippen LogP contribution in [0.15, 0.2) is 53.3 Å². The Morgan fingerprint density at radius 2 is 1.84 bits per heavy atom. The summed E-state index contributed by atoms with van der Waals surface area (Å²) in [7, 11) is 2.01. The molecule has 1 amide bonds. The van der Waals surface area contributed by atoms with Crippen molar-refractivity contribution < 1.29 is 19.1 Å². The molecule has 190 valence electrons. The summed E-state index contributed by atoms with van der Waals surface area (Å²) < 4.78 is 14.9. The van der Waals surface area contributed by atoms with Crippen LogP contribution in [0.2, 0.25) is 5.02 Å². The Labute approximate surface area is 221 Å². The van der Waals surface area contributed by atoms with Crippen LogP contribution < -0.4 is 9.47 Å². The monoisotopic (exact) mass is 516 g/mol. The summed E-state index contributed by atoms with van der Waals surface area (Å²) in [6.45, 7) is 8.44. The van der Waals surface area contributed by atoms with Gasteiger partial charge in [0.15, 0.2) is 17.3 Å². The second kappa shape index (κ2) is 8.25. The van der Waals surface area contributed by atoms with E-state index in [0.29, 0.717) is 59.2 Å². The van der Waals surface area contributed by atoms with Gasteiger partial charge in [0, 0.05) is 67.3 Å². The molecule has 2 aromatic carbocycles. The normalized spacial score (nSPS) is 21.1. The quantitative estimate of drug-likeness (QED) is 0.427. The third-order valence-electron chi connectivity index (χ3n) is 7.89. The van der Waals surface area contributed by atoms with Gasteiger partial charge in [-0.1, -0.05) is 23.3 Å². The molecule has 0 N–H and O–H groups in total. The van der Waals surface area contributed by atoms with Crippen molar-refractivity contribution in [1.82, 2.24) is 9.47 Å². The van der Waals surface area contributed by atoms with Gasteiger partial charge < -0.3 is 18.9 Å². The maximum atomic E-state index is 13.7. The SMILES string of the molecule is CC1=CC(C)=C(CN2CCc3c(Cl)c4c(c(C)c3C2=O)OC(C)(c2ccc3c(ccn3C)c2)O4)C(=O)C1. The topological polar surface area (TPSA) is 60.8 Å². The lowest BCUT2D eigenvalue weighted by Crippen LogP contribution is -2.40. The molecule has 1 unspecified atom stereocenters. The van der Waals surface area contributed by atoms with Gasteiger partial charge in [0.2, 0.25) is 0 Å². The van der Waals surface area contributed by atoms with Gasteiger partial charge in [-0.25, -0.2) is 0 Å². The molecule has 1 aromatic heterocycles. The fourth-order valence-corrected chi connectivity index (χ4v) is 6.15. The van der Waals surface area contributed by atoms with Gasteiger partial charge in [0.05, 0.1) is 10.6 Å². The van der Waals surface area contributed by atoms with Crippen molar-refractivity contribution in [1.29, 1.82) is 0 Å². The van der Waals surface area contributed by atoms with Gasteiger partial charge in [-0.15, -0.1) is 0 Å². The molecule has 0 saturated heterocycles. The summed E-state index contributed by atoms with van der Waals surface area (Å²) >= 11 is 6.87. The molecule has 6 nitrogen and oxygen atoms in total. The minimum atomic E-state index is -1.08. The number of Topliss-reactive ketones (excluding diaryl/α,β-unsaturated/α-hetero) is 1. The van der Waals surface area contributed by atoms with Crippen molar-refractivity contribution in [3.63, 3.8) is 0 Å². The van der Waals surface area contributed by atoms with E-state index in [4.69, 9.17) is 21.1 Å². The van der Waals surface area contributed by atoms with E-state index in [-0.39, 0.29) is 11.7 Å². The molecule has 0 fully saturated rings. The third-order valence-corrected chi connectivity index (χ3v) is 8.29. The summed E-state index contributed by atoms with van der Waals surface area (Å²) in [5.41, 5.74) is 6.71. The number of ether oxygens (including phenoxy) is 2. The molecule has 0 spiro atoms. The number of aryl methyl sites for hydroxylation is 1. The van der Waals surface area contributed by atoms with Crippen LogP contribution in [0, 0.1) is 6.92 Å². The van der Waals surface area contributed by atoms with Crippen molar-refractivity contribution in [3.05, 3.63) is 80.5 Å². The average Bonchev–Trinajstić information content (AvgIpc) is 3.41. The number of hydrogen-bond donors (Lipinski definition) is 0. The second-order valence-corrected chi connectivity index (χ2v) is 10.9. The zero-order valence-electron chi connectivity index (χ0n) is 21.7. The standard InChI is InChI=1S/C30H29ClN2O4/c1-16-12-17(2)22(24(34)13-16)15-33-11-9-21-25(29(33)35)18(3)27-28(26(21)31)37-30(4,36-27)20-6-7-23-19(14-20)8-10-32(23)5/h6-8,10,12,14H,9,11,13,15H2,1-5H3. The highest BCUT2D eigenvalue weighted by molar-refractivity contribution is 6.34. The fourth-order valence-electron chi connectivity index (χ4n) is 5.84. The van der Waals surface area contributed by atoms with Gasteiger partial charge in [0.1, 0.15) is 0 Å². The van der Waals surface area contributed by atoms with Crippen LogP contribution >= 0.6 is 11.6 Å². The van der Waals surface area contributed by atoms with Gasteiger partial charge in [0.25, 0.3) is 11.7 Å². The van der Waals surface area contributed by atoms with Gasteiger partial charge >= 0.3 is 0 Å². The first-order valence-electron chi connectivity index (χ1n) is 12.6. The first kappa shape index (κ1) is 23.9. The minimum absolute atomic E-state index is 0.0858. The summed E-state index contributed by atoms with van der Waals surface area (Å²) in [5, 5.41) is 1.51. The van der Waals surface area contributed by atoms with Crippen LogP contribution in [-0.4, -0.2) is 34.2 Å². The zero-order valence-corrected chi connectivity index (χ0v) is 22.5. The highest BCUT2D eigenvalue weighted by Gasteiger charge is 2.44. The van der Waals surface area contributed by atoms with E-state index < -0.39 is 5.79 Å². The number of halogens is 1. The number of aromatic nitrogens is 1. The maximum Gasteiger partial charge on any atom is 0.275 e. The van der Waals surface area contributed by atoms with Crippen LogP contribution in [0.25, 0.3) is 10.9 Å². The lowest BCUT2D eigenvalue weighted by molar-refractivity contribution is -0.115. The molecule has 0 bridgehead atoms. The molecule has 3 heterocycles. The number of ketones is 1. The number of rotatable bonds is 3. The summed E-state index contributed by atoms with van der Waals surface area (Å²) in [6, 6.07) is 8.16. The Balaban J connectivity index is 1.36. The number of fused-ring (bicyclic) bond motifs is 3. The zero-order chi connectivity index (χ0) is 26.2. The smallest absolute Gasteiger partial charge is 0.275 e. The van der Waals surface area contributed by atoms with E-state index in [1.807, 2.05) is 59.1 Å². The lowest BCUT2D eigenvalue weighted by atomic mass is 9.90. The number of amides is 1. The van der Waals surface area contributed by atoms with Crippen LogP contribution in [-0.2, 0) is 24.1 Å². The predicted octanol–water partition coefficient (Wildman–Crippen LogP) is 6.02. The van der Waals surface area contributed by atoms with E-state index in [1.54, 1.807) is 4.90 Å². The number of carbonyl (C=O) groups excluding carboxylic acids is 2. The van der Waals surface area contributed by atoms with Gasteiger partial charge in [-0.05, 0) is 62.6 Å². The van der Waals surface area contributed by atoms with Crippen LogP contribution in [0.4, 0.5) is 0 Å². The van der Waals surface area contributed by atoms with E-state index in [9.17, 15) is 9.59 Å². The van der Waals surface area contributed by atoms with Gasteiger partial charge in [-0.3, -0.25) is 9.59 Å². The Morgan fingerprint density at radius 3 is 2.59 bits per heavy atom. The Bertz CT molecular complexity index is 1590. The fraction of sp³-hybridized carbons (Fsp3) is 0.333. The molecule has 7 heteroatoms. The second-order valence-electron chi connectivity index (χ2n) is 10.5. The molecular weight excluding hydrogens is 488 g/mol. The highest BCUT2D eigenvalue weighted by Crippen LogP contribution is 2.53. The number of benzene rings is 2. The number of nitrogens with zero attached hydrogens (tertiary/aromatic N) is 2. The van der Waals surface area contributed by atoms with Crippen molar-refractivity contribution in [2.45, 2.75) is 46.3 Å². The Morgan fingerprint density at radius 1 is 1.08 bits per heavy atom. The van der Waals surface area contributed by atoms with Crippen molar-refractivity contribution >= 4 is 34.2 Å². The molecule has 6 rings (SSSR count). The molecule has 0 radical (unpaired) electrons. The molecule has 1 aliphatic carbocycles. The summed E-state index contributed by atoms with van der Waals surface area (Å²) in [4.78, 5) is 28.2. The third kappa shape index (κ3) is 3.61. The van der Waals surface area contributed by atoms with E-state index in [1.165, 1.54) is 0 Å². The summed E-state index contributed by atoms with van der Waals surface area (Å²) in [5.74, 6) is -0.143. The minimum Gasteiger partial charge on any atom is -0.444 e. The molecular formula is C30H29ClN2O4. The molecule has 37 heavy (non-hydrogen) atoms. The van der Waals surface area contributed by atoms with E-state index >= 15 is 0 Å².